The van der Waals surface area contributed by atoms with Crippen LogP contribution < -0.4 is 11.1 Å². The van der Waals surface area contributed by atoms with Crippen molar-refractivity contribution in [2.45, 2.75) is 39.8 Å². The van der Waals surface area contributed by atoms with Crippen molar-refractivity contribution in [3.05, 3.63) is 35.6 Å². The van der Waals surface area contributed by atoms with Gasteiger partial charge < -0.3 is 15.5 Å². The lowest BCUT2D eigenvalue weighted by molar-refractivity contribution is -0.123. The van der Waals surface area contributed by atoms with Gasteiger partial charge in [-0.05, 0) is 25.8 Å². The van der Waals surface area contributed by atoms with Gasteiger partial charge in [0, 0.05) is 10.9 Å². The number of benzene rings is 1. The second-order valence-corrected chi connectivity index (χ2v) is 5.61. The van der Waals surface area contributed by atoms with Gasteiger partial charge in [0.1, 0.15) is 11.3 Å². The molecule has 0 spiro atoms. The molecule has 0 aliphatic heterocycles. The lowest BCUT2D eigenvalue weighted by Gasteiger charge is -2.22. The van der Waals surface area contributed by atoms with Crippen LogP contribution in [0.5, 0.6) is 0 Å². The second-order valence-electron chi connectivity index (χ2n) is 5.61. The number of furan rings is 1. The summed E-state index contributed by atoms with van der Waals surface area (Å²) in [6.45, 7) is 7.81. The molecule has 2 atom stereocenters. The standard InChI is InChI=1S/C16H22N2O2.ClH/c1-9(2)14(18-16(19)11(4)17)15-10(3)12-7-5-6-8-13(12)20-15;/h5-9,11,14H,17H2,1-4H3,(H,18,19);1H/t11-,14?;/m0./s1. The second kappa shape index (κ2) is 6.96. The number of nitrogens with one attached hydrogen (secondary N) is 1. The average Bonchev–Trinajstić information content (AvgIpc) is 2.73. The molecule has 1 aromatic carbocycles. The summed E-state index contributed by atoms with van der Waals surface area (Å²) in [5.74, 6) is 0.871. The van der Waals surface area contributed by atoms with Gasteiger partial charge in [0.2, 0.25) is 5.91 Å². The third-order valence-electron chi connectivity index (χ3n) is 3.54. The van der Waals surface area contributed by atoms with Gasteiger partial charge in [0.15, 0.2) is 0 Å². The Kier molecular flexibility index (Phi) is 5.81. The molecule has 1 heterocycles. The van der Waals surface area contributed by atoms with E-state index in [0.717, 1.165) is 22.3 Å². The van der Waals surface area contributed by atoms with E-state index in [1.54, 1.807) is 6.92 Å². The Hall–Kier alpha value is -1.52. The highest BCUT2D eigenvalue weighted by Crippen LogP contribution is 2.32. The van der Waals surface area contributed by atoms with Gasteiger partial charge in [-0.1, -0.05) is 32.0 Å². The highest BCUT2D eigenvalue weighted by molar-refractivity contribution is 5.85. The number of nitrogens with two attached hydrogens (primary N) is 1. The quantitative estimate of drug-likeness (QED) is 0.910. The van der Waals surface area contributed by atoms with Crippen LogP contribution in [-0.4, -0.2) is 11.9 Å². The number of aryl methyl sites for hydroxylation is 1. The minimum atomic E-state index is -0.527. The van der Waals surface area contributed by atoms with Crippen molar-refractivity contribution in [1.82, 2.24) is 5.32 Å². The largest absolute Gasteiger partial charge is 0.459 e. The number of halogens is 1. The summed E-state index contributed by atoms with van der Waals surface area (Å²) in [6, 6.07) is 7.21. The Morgan fingerprint density at radius 3 is 2.38 bits per heavy atom. The first-order valence-electron chi connectivity index (χ1n) is 6.95. The van der Waals surface area contributed by atoms with Gasteiger partial charge in [-0.2, -0.15) is 0 Å². The van der Waals surface area contributed by atoms with Crippen LogP contribution in [0, 0.1) is 12.8 Å². The van der Waals surface area contributed by atoms with Crippen molar-refractivity contribution in [3.8, 4) is 0 Å². The van der Waals surface area contributed by atoms with Gasteiger partial charge in [0.25, 0.3) is 0 Å². The van der Waals surface area contributed by atoms with Crippen LogP contribution in [0.15, 0.2) is 28.7 Å². The van der Waals surface area contributed by atoms with Crippen LogP contribution in [0.2, 0.25) is 0 Å². The maximum absolute atomic E-state index is 11.9. The molecule has 1 aromatic heterocycles. The van der Waals surface area contributed by atoms with Crippen LogP contribution in [0.3, 0.4) is 0 Å². The molecular formula is C16H23ClN2O2. The molecule has 0 saturated heterocycles. The van der Waals surface area contributed by atoms with E-state index in [-0.39, 0.29) is 30.3 Å². The fraction of sp³-hybridized carbons (Fsp3) is 0.438. The maximum atomic E-state index is 11.9. The van der Waals surface area contributed by atoms with E-state index in [1.807, 2.05) is 31.2 Å². The molecule has 3 N–H and O–H groups in total. The number of hydrogen-bond acceptors (Lipinski definition) is 3. The molecule has 0 aliphatic rings. The van der Waals surface area contributed by atoms with E-state index in [1.165, 1.54) is 0 Å². The van der Waals surface area contributed by atoms with E-state index in [2.05, 4.69) is 19.2 Å². The third-order valence-corrected chi connectivity index (χ3v) is 3.54. The van der Waals surface area contributed by atoms with Gasteiger partial charge in [0.05, 0.1) is 12.1 Å². The van der Waals surface area contributed by atoms with Crippen molar-refractivity contribution < 1.29 is 9.21 Å². The molecule has 0 bridgehead atoms. The lowest BCUT2D eigenvalue weighted by Crippen LogP contribution is -2.41. The molecule has 4 nitrogen and oxygen atoms in total. The topological polar surface area (TPSA) is 68.3 Å². The Labute approximate surface area is 131 Å². The van der Waals surface area contributed by atoms with Gasteiger partial charge >= 0.3 is 0 Å². The molecule has 5 heteroatoms. The molecule has 0 fully saturated rings. The van der Waals surface area contributed by atoms with Gasteiger partial charge in [-0.15, -0.1) is 12.4 Å². The summed E-state index contributed by atoms with van der Waals surface area (Å²) in [6.07, 6.45) is 0. The number of amides is 1. The summed E-state index contributed by atoms with van der Waals surface area (Å²) >= 11 is 0. The maximum Gasteiger partial charge on any atom is 0.237 e. The predicted molar refractivity (Wildman–Crippen MR) is 87.6 cm³/mol. The summed E-state index contributed by atoms with van der Waals surface area (Å²) in [7, 11) is 0. The minimum absolute atomic E-state index is 0. The van der Waals surface area contributed by atoms with Gasteiger partial charge in [-0.25, -0.2) is 0 Å². The van der Waals surface area contributed by atoms with E-state index < -0.39 is 6.04 Å². The Morgan fingerprint density at radius 1 is 1.24 bits per heavy atom. The summed E-state index contributed by atoms with van der Waals surface area (Å²) in [5, 5.41) is 4.06. The summed E-state index contributed by atoms with van der Waals surface area (Å²) < 4.78 is 5.95. The SMILES string of the molecule is Cc1c(C(NC(=O)[C@H](C)N)C(C)C)oc2ccccc12.Cl. The fourth-order valence-corrected chi connectivity index (χ4v) is 2.31. The van der Waals surface area contributed by atoms with Crippen molar-refractivity contribution in [1.29, 1.82) is 0 Å². The smallest absolute Gasteiger partial charge is 0.237 e. The predicted octanol–water partition coefficient (Wildman–Crippen LogP) is 3.32. The number of carbonyl (C=O) groups excluding carboxylic acids is 1. The number of fused-ring (bicyclic) bond motifs is 1. The van der Waals surface area contributed by atoms with Crippen LogP contribution >= 0.6 is 12.4 Å². The molecule has 0 radical (unpaired) electrons. The van der Waals surface area contributed by atoms with Crippen LogP contribution in [0.1, 0.15) is 38.1 Å². The first kappa shape index (κ1) is 17.5. The fourth-order valence-electron chi connectivity index (χ4n) is 2.31. The highest BCUT2D eigenvalue weighted by Gasteiger charge is 2.25. The summed E-state index contributed by atoms with van der Waals surface area (Å²) in [4.78, 5) is 11.9. The molecule has 0 aliphatic carbocycles. The normalized spacial score (nSPS) is 13.8. The number of para-hydroxylation sites is 1. The Morgan fingerprint density at radius 2 is 1.86 bits per heavy atom. The zero-order valence-electron chi connectivity index (χ0n) is 12.8. The van der Waals surface area contributed by atoms with E-state index in [9.17, 15) is 4.79 Å². The van der Waals surface area contributed by atoms with E-state index in [0.29, 0.717) is 0 Å². The van der Waals surface area contributed by atoms with Crippen molar-refractivity contribution in [2.75, 3.05) is 0 Å². The molecule has 21 heavy (non-hydrogen) atoms. The minimum Gasteiger partial charge on any atom is -0.459 e. The molecule has 2 aromatic rings. The summed E-state index contributed by atoms with van der Waals surface area (Å²) in [5.41, 5.74) is 7.55. The third kappa shape index (κ3) is 3.57. The van der Waals surface area contributed by atoms with Crippen molar-refractivity contribution >= 4 is 29.3 Å². The van der Waals surface area contributed by atoms with Crippen LogP contribution in [0.4, 0.5) is 0 Å². The highest BCUT2D eigenvalue weighted by atomic mass is 35.5. The Balaban J connectivity index is 0.00000220. The molecule has 2 rings (SSSR count). The molecular weight excluding hydrogens is 288 g/mol. The molecule has 1 amide bonds. The molecule has 0 saturated carbocycles. The van der Waals surface area contributed by atoms with E-state index >= 15 is 0 Å². The van der Waals surface area contributed by atoms with Crippen molar-refractivity contribution in [3.63, 3.8) is 0 Å². The number of rotatable bonds is 4. The molecule has 116 valence electrons. The zero-order chi connectivity index (χ0) is 14.9. The monoisotopic (exact) mass is 310 g/mol. The zero-order valence-corrected chi connectivity index (χ0v) is 13.7. The molecule has 1 unspecified atom stereocenters. The lowest BCUT2D eigenvalue weighted by atomic mass is 9.98. The first-order valence-corrected chi connectivity index (χ1v) is 6.95. The van der Waals surface area contributed by atoms with Crippen LogP contribution in [0.25, 0.3) is 11.0 Å². The van der Waals surface area contributed by atoms with Gasteiger partial charge in [-0.3, -0.25) is 4.79 Å². The average molecular weight is 311 g/mol. The first-order chi connectivity index (χ1) is 9.41. The van der Waals surface area contributed by atoms with Crippen LogP contribution in [-0.2, 0) is 4.79 Å². The van der Waals surface area contributed by atoms with E-state index in [4.69, 9.17) is 10.2 Å². The number of hydrogen-bond donors (Lipinski definition) is 2. The number of carbonyl (C=O) groups is 1. The Bertz CT molecular complexity index is 620. The van der Waals surface area contributed by atoms with Crippen molar-refractivity contribution in [2.24, 2.45) is 11.7 Å².